The predicted molar refractivity (Wildman–Crippen MR) is 165 cm³/mol. The van der Waals surface area contributed by atoms with Crippen LogP contribution in [0.2, 0.25) is 0 Å². The summed E-state index contributed by atoms with van der Waals surface area (Å²) in [6.07, 6.45) is 3.49. The fourth-order valence-corrected chi connectivity index (χ4v) is 6.37. The lowest BCUT2D eigenvalue weighted by Crippen LogP contribution is -2.37. The summed E-state index contributed by atoms with van der Waals surface area (Å²) in [4.78, 5) is 18.5. The van der Waals surface area contributed by atoms with Crippen molar-refractivity contribution in [2.24, 2.45) is 5.92 Å². The highest BCUT2D eigenvalue weighted by molar-refractivity contribution is 7.93. The average Bonchev–Trinajstić information content (AvgIpc) is 3.39. The van der Waals surface area contributed by atoms with Crippen molar-refractivity contribution >= 4 is 27.1 Å². The van der Waals surface area contributed by atoms with Gasteiger partial charge >= 0.3 is 0 Å². The number of fused-ring (bicyclic) bond motifs is 1. The lowest BCUT2D eigenvalue weighted by Gasteiger charge is -2.28. The standard InChI is InChI=1S/C30H38N6O7S/c1-6-41-24-14-9-11-20(32-24)29-34-28-30(36(29)27-21(39-4)12-10-13-22(27)40-5)33-23(18-31-28)35-44(37,38)26(17-19(2)3)43-25-15-7-8-16-42-25/h9-14,18-19,25-26H,6-8,15-17H2,1-5H3,(H,33,35). The van der Waals surface area contributed by atoms with Gasteiger partial charge < -0.3 is 23.7 Å². The molecule has 4 heterocycles. The molecule has 1 saturated heterocycles. The van der Waals surface area contributed by atoms with E-state index < -0.39 is 21.7 Å². The Bertz CT molecular complexity index is 1670. The number of methoxy groups -OCH3 is 2. The van der Waals surface area contributed by atoms with E-state index in [4.69, 9.17) is 33.7 Å². The molecule has 1 aliphatic heterocycles. The molecule has 3 aromatic heterocycles. The van der Waals surface area contributed by atoms with Gasteiger partial charge in [0, 0.05) is 12.7 Å². The fourth-order valence-electron chi connectivity index (χ4n) is 4.94. The van der Waals surface area contributed by atoms with Gasteiger partial charge in [0.2, 0.25) is 5.88 Å². The van der Waals surface area contributed by atoms with E-state index in [1.54, 1.807) is 49.1 Å². The molecule has 1 fully saturated rings. The van der Waals surface area contributed by atoms with Crippen molar-refractivity contribution in [3.63, 3.8) is 0 Å². The molecule has 0 bridgehead atoms. The largest absolute Gasteiger partial charge is 0.494 e. The number of hydrogen-bond acceptors (Lipinski definition) is 11. The van der Waals surface area contributed by atoms with Crippen LogP contribution >= 0.6 is 0 Å². The van der Waals surface area contributed by atoms with Gasteiger partial charge in [0.25, 0.3) is 10.0 Å². The Morgan fingerprint density at radius 1 is 1.05 bits per heavy atom. The monoisotopic (exact) mass is 626 g/mol. The van der Waals surface area contributed by atoms with Crippen LogP contribution in [0.4, 0.5) is 5.82 Å². The van der Waals surface area contributed by atoms with Gasteiger partial charge in [-0.25, -0.2) is 28.4 Å². The van der Waals surface area contributed by atoms with Gasteiger partial charge in [-0.2, -0.15) is 0 Å². The lowest BCUT2D eigenvalue weighted by atomic mass is 10.1. The summed E-state index contributed by atoms with van der Waals surface area (Å²) in [5.74, 6) is 1.78. The first-order valence-corrected chi connectivity index (χ1v) is 16.1. The van der Waals surface area contributed by atoms with Crippen LogP contribution in [-0.4, -0.2) is 72.1 Å². The molecule has 1 aliphatic rings. The van der Waals surface area contributed by atoms with Crippen molar-refractivity contribution in [1.82, 2.24) is 24.5 Å². The van der Waals surface area contributed by atoms with Crippen molar-refractivity contribution < 1.29 is 32.1 Å². The molecule has 0 radical (unpaired) electrons. The number of para-hydroxylation sites is 1. The Hall–Kier alpha value is -4.01. The van der Waals surface area contributed by atoms with E-state index >= 15 is 0 Å². The van der Waals surface area contributed by atoms with Crippen LogP contribution in [0.1, 0.15) is 46.5 Å². The van der Waals surface area contributed by atoms with E-state index in [2.05, 4.69) is 14.7 Å². The zero-order valence-electron chi connectivity index (χ0n) is 25.5. The highest BCUT2D eigenvalue weighted by atomic mass is 32.2. The molecule has 2 unspecified atom stereocenters. The molecule has 1 aromatic carbocycles. The molecular formula is C30H38N6O7S. The molecule has 236 valence electrons. The van der Waals surface area contributed by atoms with E-state index in [0.717, 1.165) is 12.8 Å². The van der Waals surface area contributed by atoms with Gasteiger partial charge in [-0.1, -0.05) is 26.0 Å². The van der Waals surface area contributed by atoms with E-state index in [9.17, 15) is 8.42 Å². The maximum absolute atomic E-state index is 13.7. The maximum atomic E-state index is 13.7. The smallest absolute Gasteiger partial charge is 0.261 e. The fraction of sp³-hybridized carbons (Fsp3) is 0.467. The van der Waals surface area contributed by atoms with Gasteiger partial charge in [0.15, 0.2) is 34.7 Å². The van der Waals surface area contributed by atoms with Crippen LogP contribution in [0.3, 0.4) is 0 Å². The van der Waals surface area contributed by atoms with Gasteiger partial charge in [0.05, 0.1) is 27.0 Å². The number of sulfonamides is 1. The van der Waals surface area contributed by atoms with Crippen molar-refractivity contribution in [3.8, 4) is 34.6 Å². The summed E-state index contributed by atoms with van der Waals surface area (Å²) in [6.45, 7) is 6.73. The third-order valence-electron chi connectivity index (χ3n) is 6.94. The molecule has 2 atom stereocenters. The Morgan fingerprint density at radius 3 is 2.45 bits per heavy atom. The summed E-state index contributed by atoms with van der Waals surface area (Å²) >= 11 is 0. The van der Waals surface area contributed by atoms with Crippen LogP contribution in [0.25, 0.3) is 28.5 Å². The summed E-state index contributed by atoms with van der Waals surface area (Å²) < 4.78 is 60.3. The summed E-state index contributed by atoms with van der Waals surface area (Å²) in [5.41, 5.74) is 0.323. The quantitative estimate of drug-likeness (QED) is 0.215. The molecule has 0 saturated carbocycles. The first-order chi connectivity index (χ1) is 21.2. The first-order valence-electron chi connectivity index (χ1n) is 14.6. The summed E-state index contributed by atoms with van der Waals surface area (Å²) in [5, 5.41) is 0. The van der Waals surface area contributed by atoms with Crippen molar-refractivity contribution in [2.45, 2.75) is 58.2 Å². The van der Waals surface area contributed by atoms with Crippen LogP contribution in [0, 0.1) is 5.92 Å². The summed E-state index contributed by atoms with van der Waals surface area (Å²) in [7, 11) is -0.976. The second kappa shape index (κ2) is 13.7. The van der Waals surface area contributed by atoms with Crippen LogP contribution in [-0.2, 0) is 19.5 Å². The number of pyridine rings is 1. The van der Waals surface area contributed by atoms with E-state index in [-0.39, 0.29) is 29.5 Å². The average molecular weight is 627 g/mol. The molecule has 1 N–H and O–H groups in total. The number of nitrogens with zero attached hydrogens (tertiary/aromatic N) is 5. The number of ether oxygens (including phenoxy) is 5. The van der Waals surface area contributed by atoms with E-state index in [1.807, 2.05) is 26.8 Å². The highest BCUT2D eigenvalue weighted by Gasteiger charge is 2.32. The minimum absolute atomic E-state index is 0.00277. The number of imidazole rings is 1. The Morgan fingerprint density at radius 2 is 1.80 bits per heavy atom. The third kappa shape index (κ3) is 6.87. The number of benzene rings is 1. The topological polar surface area (TPSA) is 149 Å². The Balaban J connectivity index is 1.62. The minimum atomic E-state index is -4.06. The molecule has 44 heavy (non-hydrogen) atoms. The molecule has 0 amide bonds. The van der Waals surface area contributed by atoms with Crippen LogP contribution in [0.5, 0.6) is 17.4 Å². The van der Waals surface area contributed by atoms with Crippen molar-refractivity contribution in [1.29, 1.82) is 0 Å². The van der Waals surface area contributed by atoms with Crippen LogP contribution in [0.15, 0.2) is 42.6 Å². The van der Waals surface area contributed by atoms with Gasteiger partial charge in [0.1, 0.15) is 22.9 Å². The number of anilines is 1. The van der Waals surface area contributed by atoms with E-state index in [0.29, 0.717) is 54.2 Å². The lowest BCUT2D eigenvalue weighted by molar-refractivity contribution is -0.173. The van der Waals surface area contributed by atoms with Gasteiger partial charge in [-0.05, 0) is 56.7 Å². The maximum Gasteiger partial charge on any atom is 0.261 e. The third-order valence-corrected chi connectivity index (χ3v) is 8.43. The molecule has 0 aliphatic carbocycles. The number of hydrogen-bond donors (Lipinski definition) is 1. The second-order valence-electron chi connectivity index (χ2n) is 10.6. The number of rotatable bonds is 13. The Labute approximate surface area is 257 Å². The minimum Gasteiger partial charge on any atom is -0.494 e. The number of aromatic nitrogens is 5. The van der Waals surface area contributed by atoms with Crippen LogP contribution < -0.4 is 18.9 Å². The Kier molecular flexibility index (Phi) is 9.81. The van der Waals surface area contributed by atoms with E-state index in [1.165, 1.54) is 6.20 Å². The van der Waals surface area contributed by atoms with Gasteiger partial charge in [-0.3, -0.25) is 9.29 Å². The molecular weight excluding hydrogens is 588 g/mol. The SMILES string of the molecule is CCOc1cccc(-c2nc3ncc(NS(=O)(=O)C(CC(C)C)OC4CCCCO4)nc3n2-c2c(OC)cccc2OC)n1. The second-order valence-corrected chi connectivity index (χ2v) is 12.4. The van der Waals surface area contributed by atoms with Crippen molar-refractivity contribution in [3.05, 3.63) is 42.6 Å². The highest BCUT2D eigenvalue weighted by Crippen LogP contribution is 2.38. The molecule has 4 aromatic rings. The number of nitrogens with one attached hydrogen (secondary N) is 1. The molecule has 0 spiro atoms. The molecule has 5 rings (SSSR count). The predicted octanol–water partition coefficient (Wildman–Crippen LogP) is 4.95. The molecule has 13 nitrogen and oxygen atoms in total. The zero-order chi connectivity index (χ0) is 31.3. The zero-order valence-corrected chi connectivity index (χ0v) is 26.3. The normalized spacial score (nSPS) is 16.2. The first kappa shape index (κ1) is 31.4. The molecule has 14 heteroatoms. The van der Waals surface area contributed by atoms with Gasteiger partial charge in [-0.15, -0.1) is 0 Å². The van der Waals surface area contributed by atoms with Crippen molar-refractivity contribution in [2.75, 3.05) is 32.2 Å². The summed E-state index contributed by atoms with van der Waals surface area (Å²) in [6, 6.07) is 10.7.